The zero-order valence-electron chi connectivity index (χ0n) is 5.62. The van der Waals surface area contributed by atoms with Gasteiger partial charge in [0.1, 0.15) is 0 Å². The molecule has 0 aromatic rings. The molecule has 0 aliphatic heterocycles. The molecule has 0 aliphatic carbocycles. The summed E-state index contributed by atoms with van der Waals surface area (Å²) in [6, 6.07) is 0. The standard InChI is InChI=1S/H2NO.3Na.H2O3S/c1-2;;;;1-4(2)3/h1H2;;;;(H2,1,2,3)/q-1;3*+1;/p-2. The van der Waals surface area contributed by atoms with Gasteiger partial charge in [0.25, 0.3) is 0 Å². The molecule has 0 heterocycles. The molecule has 0 radical (unpaired) electrons. The van der Waals surface area contributed by atoms with Crippen molar-refractivity contribution < 1.29 is 102 Å². The summed E-state index contributed by atoms with van der Waals surface area (Å²) in [5, 5.41) is 7.75. The van der Waals surface area contributed by atoms with Crippen LogP contribution in [0.15, 0.2) is 0 Å². The van der Waals surface area contributed by atoms with Gasteiger partial charge in [-0.05, 0) is 0 Å². The fourth-order valence-corrected chi connectivity index (χ4v) is 0. The van der Waals surface area contributed by atoms with Gasteiger partial charge in [0, 0.05) is 0 Å². The van der Waals surface area contributed by atoms with Crippen LogP contribution < -0.4 is 94.6 Å². The second-order valence-electron chi connectivity index (χ2n) is 0.204. The Morgan fingerprint density at radius 3 is 1.00 bits per heavy atom. The molecule has 0 rings (SSSR count). The summed E-state index contributed by atoms with van der Waals surface area (Å²) >= 11 is -3.11. The second kappa shape index (κ2) is 30.6. The predicted octanol–water partition coefficient (Wildman–Crippen LogP) is -10.5. The smallest absolute Gasteiger partial charge is 0.790 e. The maximum Gasteiger partial charge on any atom is 1.00 e. The van der Waals surface area contributed by atoms with E-state index in [2.05, 4.69) is 5.90 Å². The van der Waals surface area contributed by atoms with Crippen molar-refractivity contribution in [2.45, 2.75) is 0 Å². The zero-order valence-corrected chi connectivity index (χ0v) is 12.4. The van der Waals surface area contributed by atoms with Crippen molar-refractivity contribution in [3.8, 4) is 0 Å². The summed E-state index contributed by atoms with van der Waals surface area (Å²) in [6.45, 7) is 0. The average Bonchev–Trinajstić information content (AvgIpc) is 1.41. The molecule has 0 aromatic heterocycles. The van der Waals surface area contributed by atoms with E-state index in [1.165, 1.54) is 0 Å². The molecule has 0 amide bonds. The third-order valence-corrected chi connectivity index (χ3v) is 0. The van der Waals surface area contributed by atoms with Crippen LogP contribution in [0.4, 0.5) is 0 Å². The summed E-state index contributed by atoms with van der Waals surface area (Å²) in [7, 11) is 0. The van der Waals surface area contributed by atoms with Crippen LogP contribution in [0.25, 0.3) is 0 Å². The Morgan fingerprint density at radius 2 is 1.00 bits per heavy atom. The SMILES string of the molecule is N[O-].O=S([O-])[O-].[Na+].[Na+].[Na+]. The molecule has 5 nitrogen and oxygen atoms in total. The maximum absolute atomic E-state index is 8.44. The Hall–Kier alpha value is 2.99. The Bertz CT molecular complexity index is 38.8. The Labute approximate surface area is 122 Å². The van der Waals surface area contributed by atoms with Gasteiger partial charge in [-0.25, -0.2) is 0 Å². The number of hydrogen-bond acceptors (Lipinski definition) is 5. The van der Waals surface area contributed by atoms with E-state index in [-0.39, 0.29) is 88.7 Å². The van der Waals surface area contributed by atoms with E-state index in [0.717, 1.165) is 0 Å². The summed E-state index contributed by atoms with van der Waals surface area (Å²) < 4.78 is 25.3. The third-order valence-electron chi connectivity index (χ3n) is 0. The van der Waals surface area contributed by atoms with Crippen molar-refractivity contribution in [2.24, 2.45) is 5.90 Å². The van der Waals surface area contributed by atoms with Crippen LogP contribution in [0.2, 0.25) is 0 Å². The molecule has 0 aromatic carbocycles. The van der Waals surface area contributed by atoms with Gasteiger partial charge >= 0.3 is 88.7 Å². The van der Waals surface area contributed by atoms with E-state index in [1.54, 1.807) is 0 Å². The fourth-order valence-electron chi connectivity index (χ4n) is 0. The number of rotatable bonds is 0. The van der Waals surface area contributed by atoms with E-state index < -0.39 is 11.4 Å². The molecule has 0 unspecified atom stereocenters. The van der Waals surface area contributed by atoms with E-state index in [4.69, 9.17) is 18.5 Å². The van der Waals surface area contributed by atoms with Crippen LogP contribution >= 0.6 is 0 Å². The van der Waals surface area contributed by atoms with Crippen LogP contribution in [-0.2, 0) is 11.4 Å². The Balaban J connectivity index is -0.00000000990. The molecule has 40 valence electrons. The van der Waals surface area contributed by atoms with E-state index in [0.29, 0.717) is 0 Å². The van der Waals surface area contributed by atoms with E-state index in [9.17, 15) is 0 Å². The summed E-state index contributed by atoms with van der Waals surface area (Å²) in [6.07, 6.45) is 0. The molecule has 2 N–H and O–H groups in total. The third kappa shape index (κ3) is 99.4. The zero-order chi connectivity index (χ0) is 5.58. The summed E-state index contributed by atoms with van der Waals surface area (Å²) in [4.78, 5) is 0. The fraction of sp³-hybridized carbons (Fsp3) is 0. The van der Waals surface area contributed by atoms with Gasteiger partial charge in [-0.2, -0.15) is 0 Å². The van der Waals surface area contributed by atoms with Gasteiger partial charge in [0.2, 0.25) is 0 Å². The first-order valence-electron chi connectivity index (χ1n) is 0.736. The predicted molar refractivity (Wildman–Crippen MR) is 17.3 cm³/mol. The van der Waals surface area contributed by atoms with Crippen molar-refractivity contribution in [3.63, 3.8) is 0 Å². The molecular formula is H2NNa3O4S. The van der Waals surface area contributed by atoms with Gasteiger partial charge in [0.05, 0.1) is 0 Å². The van der Waals surface area contributed by atoms with E-state index in [1.807, 2.05) is 0 Å². The van der Waals surface area contributed by atoms with Crippen molar-refractivity contribution in [1.82, 2.24) is 0 Å². The minimum atomic E-state index is -3.11. The molecule has 0 spiro atoms. The molecule has 0 aliphatic rings. The normalized spacial score (nSPS) is 4.56. The van der Waals surface area contributed by atoms with E-state index >= 15 is 0 Å². The van der Waals surface area contributed by atoms with Crippen LogP contribution in [0.3, 0.4) is 0 Å². The quantitative estimate of drug-likeness (QED) is 0.226. The molecule has 0 bridgehead atoms. The van der Waals surface area contributed by atoms with Gasteiger partial charge in [-0.15, -0.1) is 11.4 Å². The molecule has 0 saturated heterocycles. The average molecular weight is 181 g/mol. The Kier molecular flexibility index (Phi) is 101. The molecule has 0 atom stereocenters. The monoisotopic (exact) mass is 181 g/mol. The van der Waals surface area contributed by atoms with Crippen LogP contribution in [0.1, 0.15) is 0 Å². The molecule has 0 fully saturated rings. The molecule has 9 heteroatoms. The first kappa shape index (κ1) is 29.6. The summed E-state index contributed by atoms with van der Waals surface area (Å²) in [5.74, 6) is 3.25. The first-order valence-corrected chi connectivity index (χ1v) is 1.74. The van der Waals surface area contributed by atoms with Crippen molar-refractivity contribution >= 4 is 11.4 Å². The maximum atomic E-state index is 8.44. The topological polar surface area (TPSA) is 112 Å². The summed E-state index contributed by atoms with van der Waals surface area (Å²) in [5.41, 5.74) is 0. The van der Waals surface area contributed by atoms with Gasteiger partial charge in [-0.3, -0.25) is 4.21 Å². The van der Waals surface area contributed by atoms with Gasteiger partial charge in [0.15, 0.2) is 0 Å². The molecule has 0 saturated carbocycles. The van der Waals surface area contributed by atoms with Crippen LogP contribution in [0, 0.1) is 5.21 Å². The Morgan fingerprint density at radius 1 is 1.00 bits per heavy atom. The minimum absolute atomic E-state index is 0. The van der Waals surface area contributed by atoms with Crippen molar-refractivity contribution in [1.29, 1.82) is 0 Å². The molecular weight excluding hydrogens is 179 g/mol. The van der Waals surface area contributed by atoms with Crippen LogP contribution in [0.5, 0.6) is 0 Å². The van der Waals surface area contributed by atoms with Crippen molar-refractivity contribution in [2.75, 3.05) is 0 Å². The second-order valence-corrected chi connectivity index (χ2v) is 0.612. The van der Waals surface area contributed by atoms with Gasteiger partial charge in [-0.1, -0.05) is 0 Å². The number of nitrogens with two attached hydrogens (primary N) is 1. The largest absolute Gasteiger partial charge is 1.00 e. The van der Waals surface area contributed by atoms with Crippen LogP contribution in [-0.4, -0.2) is 13.3 Å². The molecule has 9 heavy (non-hydrogen) atoms. The number of hydrogen-bond donors (Lipinski definition) is 1. The van der Waals surface area contributed by atoms with Gasteiger partial charge < -0.3 is 20.2 Å². The van der Waals surface area contributed by atoms with Crippen molar-refractivity contribution in [3.05, 3.63) is 5.21 Å². The minimum Gasteiger partial charge on any atom is -0.790 e. The first-order chi connectivity index (χ1) is 2.73.